The van der Waals surface area contributed by atoms with Crippen LogP contribution in [0.4, 0.5) is 0 Å². The maximum atomic E-state index is 13.1. The van der Waals surface area contributed by atoms with Gasteiger partial charge in [-0.25, -0.2) is 5.01 Å². The Morgan fingerprint density at radius 2 is 1.68 bits per heavy atom. The number of Topliss-reactive ketones (excluding diaryl/α,β-unsaturated/α-hetero) is 1. The van der Waals surface area contributed by atoms with Crippen LogP contribution in [0.3, 0.4) is 0 Å². The van der Waals surface area contributed by atoms with E-state index < -0.39 is 0 Å². The molecule has 0 atom stereocenters. The third-order valence-corrected chi connectivity index (χ3v) is 5.08. The molecule has 34 heavy (non-hydrogen) atoms. The SMILES string of the molecule is C=C(/C=C\C)OC.CCC(=O)N1N=C(C(=O)c2cc(OC)c(OC)c(OC)c2)CC(C)=C1CC. The molecule has 0 saturated carbocycles. The maximum absolute atomic E-state index is 13.1. The molecule has 186 valence electrons. The zero-order valence-corrected chi connectivity index (χ0v) is 21.5. The molecular formula is C26H36N2O6. The van der Waals surface area contributed by atoms with Crippen LogP contribution < -0.4 is 14.2 Å². The van der Waals surface area contributed by atoms with Crippen molar-refractivity contribution in [2.24, 2.45) is 5.10 Å². The molecule has 0 radical (unpaired) electrons. The molecule has 1 heterocycles. The van der Waals surface area contributed by atoms with E-state index in [4.69, 9.17) is 18.9 Å². The van der Waals surface area contributed by atoms with Gasteiger partial charge in [-0.3, -0.25) is 9.59 Å². The van der Waals surface area contributed by atoms with Gasteiger partial charge in [0.05, 0.1) is 28.4 Å². The van der Waals surface area contributed by atoms with Crippen molar-refractivity contribution in [1.29, 1.82) is 0 Å². The first-order valence-electron chi connectivity index (χ1n) is 11.0. The Balaban J connectivity index is 0.000000718. The highest BCUT2D eigenvalue weighted by Gasteiger charge is 2.28. The molecule has 0 spiro atoms. The number of benzene rings is 1. The maximum Gasteiger partial charge on any atom is 0.246 e. The van der Waals surface area contributed by atoms with Crippen LogP contribution in [0.5, 0.6) is 17.2 Å². The Morgan fingerprint density at radius 3 is 2.06 bits per heavy atom. The van der Waals surface area contributed by atoms with E-state index in [0.717, 1.165) is 11.3 Å². The Hall–Kier alpha value is -3.55. The van der Waals surface area contributed by atoms with E-state index in [-0.39, 0.29) is 11.7 Å². The minimum Gasteiger partial charge on any atom is -0.497 e. The van der Waals surface area contributed by atoms with Gasteiger partial charge in [0.2, 0.25) is 17.4 Å². The summed E-state index contributed by atoms with van der Waals surface area (Å²) >= 11 is 0. The van der Waals surface area contributed by atoms with Gasteiger partial charge >= 0.3 is 0 Å². The quantitative estimate of drug-likeness (QED) is 0.275. The summed E-state index contributed by atoms with van der Waals surface area (Å²) in [4.78, 5) is 25.4. The number of hydrazone groups is 1. The first-order chi connectivity index (χ1) is 16.2. The van der Waals surface area contributed by atoms with Gasteiger partial charge in [-0.05, 0) is 44.1 Å². The van der Waals surface area contributed by atoms with Gasteiger partial charge in [-0.1, -0.05) is 26.5 Å². The molecule has 1 aromatic carbocycles. The Labute approximate surface area is 202 Å². The number of rotatable bonds is 9. The molecule has 0 aliphatic carbocycles. The van der Waals surface area contributed by atoms with Crippen molar-refractivity contribution in [3.05, 3.63) is 53.5 Å². The van der Waals surface area contributed by atoms with Gasteiger partial charge in [0, 0.05) is 24.1 Å². The number of ketones is 1. The van der Waals surface area contributed by atoms with Crippen molar-refractivity contribution in [3.63, 3.8) is 0 Å². The second-order valence-electron chi connectivity index (χ2n) is 7.28. The van der Waals surface area contributed by atoms with Crippen molar-refractivity contribution in [1.82, 2.24) is 5.01 Å². The Bertz CT molecular complexity index is 966. The monoisotopic (exact) mass is 472 g/mol. The van der Waals surface area contributed by atoms with Crippen LogP contribution in [0.25, 0.3) is 0 Å². The number of hydrogen-bond donors (Lipinski definition) is 0. The first-order valence-corrected chi connectivity index (χ1v) is 11.0. The fourth-order valence-corrected chi connectivity index (χ4v) is 3.32. The fourth-order valence-electron chi connectivity index (χ4n) is 3.32. The lowest BCUT2D eigenvalue weighted by molar-refractivity contribution is -0.129. The zero-order valence-electron chi connectivity index (χ0n) is 21.5. The molecule has 0 unspecified atom stereocenters. The molecular weight excluding hydrogens is 436 g/mol. The minimum atomic E-state index is -0.280. The summed E-state index contributed by atoms with van der Waals surface area (Å²) in [5, 5.41) is 5.73. The van der Waals surface area contributed by atoms with Crippen LogP contribution in [-0.4, -0.2) is 50.9 Å². The van der Waals surface area contributed by atoms with E-state index in [9.17, 15) is 9.59 Å². The molecule has 1 aliphatic rings. The number of allylic oxidation sites excluding steroid dienone is 4. The Kier molecular flexibility index (Phi) is 11.6. The highest BCUT2D eigenvalue weighted by atomic mass is 16.5. The molecule has 1 aromatic rings. The van der Waals surface area contributed by atoms with E-state index >= 15 is 0 Å². The summed E-state index contributed by atoms with van der Waals surface area (Å²) in [7, 11) is 6.08. The molecule has 0 aromatic heterocycles. The number of amides is 1. The summed E-state index contributed by atoms with van der Waals surface area (Å²) in [6.45, 7) is 11.1. The van der Waals surface area contributed by atoms with Gasteiger partial charge in [0.15, 0.2) is 11.5 Å². The summed E-state index contributed by atoms with van der Waals surface area (Å²) < 4.78 is 20.6. The van der Waals surface area contributed by atoms with Gasteiger partial charge in [0.25, 0.3) is 0 Å². The second kappa shape index (κ2) is 13.9. The van der Waals surface area contributed by atoms with Crippen LogP contribution in [0.2, 0.25) is 0 Å². The summed E-state index contributed by atoms with van der Waals surface area (Å²) in [5.41, 5.74) is 2.48. The topological polar surface area (TPSA) is 86.7 Å². The summed E-state index contributed by atoms with van der Waals surface area (Å²) in [6.07, 6.45) is 5.07. The van der Waals surface area contributed by atoms with Gasteiger partial charge in [0.1, 0.15) is 11.5 Å². The van der Waals surface area contributed by atoms with Crippen molar-refractivity contribution in [2.75, 3.05) is 28.4 Å². The van der Waals surface area contributed by atoms with Crippen molar-refractivity contribution in [3.8, 4) is 17.2 Å². The lowest BCUT2D eigenvalue weighted by atomic mass is 9.97. The van der Waals surface area contributed by atoms with E-state index in [0.29, 0.717) is 53.5 Å². The van der Waals surface area contributed by atoms with E-state index in [2.05, 4.69) is 11.7 Å². The molecule has 0 saturated heterocycles. The van der Waals surface area contributed by atoms with Crippen molar-refractivity contribution in [2.45, 2.75) is 47.0 Å². The largest absolute Gasteiger partial charge is 0.497 e. The molecule has 0 N–H and O–H groups in total. The van der Waals surface area contributed by atoms with E-state index in [1.165, 1.54) is 26.3 Å². The fraction of sp³-hybridized carbons (Fsp3) is 0.423. The summed E-state index contributed by atoms with van der Waals surface area (Å²) in [6, 6.07) is 3.18. The lowest BCUT2D eigenvalue weighted by Crippen LogP contribution is -2.32. The normalized spacial score (nSPS) is 13.1. The number of ether oxygens (including phenoxy) is 4. The average Bonchev–Trinajstić information content (AvgIpc) is 2.86. The highest BCUT2D eigenvalue weighted by Crippen LogP contribution is 2.38. The van der Waals surface area contributed by atoms with Crippen LogP contribution in [0.15, 0.2) is 53.0 Å². The molecule has 0 fully saturated rings. The zero-order chi connectivity index (χ0) is 25.8. The molecule has 1 amide bonds. The number of nitrogens with zero attached hydrogens (tertiary/aromatic N) is 2. The van der Waals surface area contributed by atoms with E-state index in [1.54, 1.807) is 32.2 Å². The van der Waals surface area contributed by atoms with Gasteiger partial charge < -0.3 is 18.9 Å². The van der Waals surface area contributed by atoms with Crippen LogP contribution in [0, 0.1) is 0 Å². The third-order valence-electron chi connectivity index (χ3n) is 5.08. The summed E-state index contributed by atoms with van der Waals surface area (Å²) in [5.74, 6) is 1.47. The second-order valence-corrected chi connectivity index (χ2v) is 7.28. The first kappa shape index (κ1) is 28.5. The van der Waals surface area contributed by atoms with Crippen LogP contribution in [0.1, 0.15) is 57.3 Å². The lowest BCUT2D eigenvalue weighted by Gasteiger charge is -2.27. The number of carbonyl (C=O) groups excluding carboxylic acids is 2. The van der Waals surface area contributed by atoms with E-state index in [1.807, 2.05) is 26.8 Å². The molecule has 2 rings (SSSR count). The standard InChI is InChI=1S/C20H26N2O5.C6H10O/c1-7-15-12(3)9-14(21-22(15)18(23)8-2)19(24)13-10-16(25-4)20(27-6)17(11-13)26-5;1-4-5-6(2)7-3/h10-11H,7-9H2,1-6H3;4-5H,2H2,1,3H3/b;5-4-. The van der Waals surface area contributed by atoms with Crippen LogP contribution in [-0.2, 0) is 9.53 Å². The highest BCUT2D eigenvalue weighted by molar-refractivity contribution is 6.46. The van der Waals surface area contributed by atoms with Crippen LogP contribution >= 0.6 is 0 Å². The smallest absolute Gasteiger partial charge is 0.246 e. The predicted octanol–water partition coefficient (Wildman–Crippen LogP) is 5.30. The number of carbonyl (C=O) groups is 2. The van der Waals surface area contributed by atoms with Crippen molar-refractivity contribution >= 4 is 17.4 Å². The molecule has 0 bridgehead atoms. The number of methoxy groups -OCH3 is 4. The molecule has 1 aliphatic heterocycles. The van der Waals surface area contributed by atoms with Crippen molar-refractivity contribution < 1.29 is 28.5 Å². The number of hydrogen-bond acceptors (Lipinski definition) is 7. The third kappa shape index (κ3) is 6.97. The molecule has 8 nitrogen and oxygen atoms in total. The average molecular weight is 473 g/mol. The van der Waals surface area contributed by atoms with Gasteiger partial charge in [-0.15, -0.1) is 0 Å². The minimum absolute atomic E-state index is 0.138. The Morgan fingerprint density at radius 1 is 1.09 bits per heavy atom. The molecule has 8 heteroatoms. The predicted molar refractivity (Wildman–Crippen MR) is 134 cm³/mol. The van der Waals surface area contributed by atoms with Gasteiger partial charge in [-0.2, -0.15) is 5.10 Å².